The van der Waals surface area contributed by atoms with Crippen LogP contribution in [0.15, 0.2) is 24.3 Å². The number of hydrogen-bond acceptors (Lipinski definition) is 7. The number of amides is 1. The molecule has 0 radical (unpaired) electrons. The largest absolute Gasteiger partial charge is 0.540 e. The van der Waals surface area contributed by atoms with Crippen molar-refractivity contribution in [1.29, 1.82) is 0 Å². The third-order valence-electron chi connectivity index (χ3n) is 6.69. The Hall–Kier alpha value is -2.88. The number of nitrogens with zero attached hydrogens (tertiary/aromatic N) is 2. The molecular weight excluding hydrogens is 456 g/mol. The van der Waals surface area contributed by atoms with Gasteiger partial charge in [-0.15, -0.1) is 0 Å². The number of likely N-dealkylation sites (tertiary alicyclic amines) is 1. The number of esters is 1. The van der Waals surface area contributed by atoms with Crippen LogP contribution >= 0.6 is 0 Å². The van der Waals surface area contributed by atoms with Gasteiger partial charge >= 0.3 is 5.97 Å². The molecule has 0 saturated carbocycles. The summed E-state index contributed by atoms with van der Waals surface area (Å²) in [6.45, 7) is 16.6. The van der Waals surface area contributed by atoms with E-state index in [1.807, 2.05) is 0 Å². The summed E-state index contributed by atoms with van der Waals surface area (Å²) in [4.78, 5) is 38.3. The molecule has 2 rings (SSSR count). The fraction of sp³-hybridized carbons (Fsp3) is 0.583. The predicted octanol–water partition coefficient (Wildman–Crippen LogP) is 5.10. The third kappa shape index (κ3) is 4.96. The highest BCUT2D eigenvalue weighted by Crippen LogP contribution is 2.46. The minimum absolute atomic E-state index is 0.112. The fourth-order valence-electron chi connectivity index (χ4n) is 5.17. The molecule has 0 aromatic heterocycles. The molecule has 1 aromatic carbocycles. The van der Waals surface area contributed by atoms with Crippen LogP contribution in [0.4, 0.5) is 5.69 Å². The molecule has 188 valence electrons. The lowest BCUT2D eigenvalue weighted by Gasteiger charge is -2.42. The maximum absolute atomic E-state index is 13.4. The highest BCUT2D eigenvalue weighted by molar-refractivity contribution is 6.78. The number of benzene rings is 1. The van der Waals surface area contributed by atoms with Gasteiger partial charge in [0, 0.05) is 19.0 Å². The fourth-order valence-corrected chi connectivity index (χ4v) is 10.4. The van der Waals surface area contributed by atoms with Gasteiger partial charge in [0.05, 0.1) is 25.2 Å². The molecule has 1 saturated heterocycles. The van der Waals surface area contributed by atoms with Gasteiger partial charge in [0.25, 0.3) is 19.9 Å². The summed E-state index contributed by atoms with van der Waals surface area (Å²) in [5.41, 5.74) is 0.779. The Kier molecular flexibility index (Phi) is 8.52. The monoisotopic (exact) mass is 492 g/mol. The first-order valence-corrected chi connectivity index (χ1v) is 13.6. The molecule has 0 spiro atoms. The molecule has 34 heavy (non-hydrogen) atoms. The van der Waals surface area contributed by atoms with Crippen molar-refractivity contribution < 1.29 is 28.4 Å². The van der Waals surface area contributed by atoms with Crippen molar-refractivity contribution in [3.63, 3.8) is 0 Å². The molecule has 9 nitrogen and oxygen atoms in total. The summed E-state index contributed by atoms with van der Waals surface area (Å²) in [6, 6.07) is 1.74. The zero-order chi connectivity index (χ0) is 26.0. The standard InChI is InChI=1S/C24H36N2O7Si/c1-14(2)34(15(3)4,16(5)6)33-22-12-19(26(29)30)18(11-21(22)31-8)23(27)25-13-17(7)10-20(25)24(28)32-9/h11-12,14-16,20H,7,10,13H2,1-6,8-9H3/t20-/m0/s1. The van der Waals surface area contributed by atoms with Crippen LogP contribution in [0.5, 0.6) is 11.5 Å². The van der Waals surface area contributed by atoms with E-state index in [0.29, 0.717) is 5.57 Å². The van der Waals surface area contributed by atoms with E-state index in [4.69, 9.17) is 13.9 Å². The lowest BCUT2D eigenvalue weighted by Crippen LogP contribution is -2.50. The first-order valence-electron chi connectivity index (χ1n) is 11.4. The smallest absolute Gasteiger partial charge is 0.328 e. The normalized spacial score (nSPS) is 16.4. The summed E-state index contributed by atoms with van der Waals surface area (Å²) in [5, 5.41) is 12.0. The number of carbonyl (C=O) groups is 2. The minimum Gasteiger partial charge on any atom is -0.540 e. The van der Waals surface area contributed by atoms with Gasteiger partial charge in [-0.1, -0.05) is 53.7 Å². The number of carbonyl (C=O) groups excluding carboxylic acids is 2. The topological polar surface area (TPSA) is 108 Å². The molecule has 1 aliphatic heterocycles. The molecule has 1 fully saturated rings. The van der Waals surface area contributed by atoms with Gasteiger partial charge in [-0.3, -0.25) is 14.9 Å². The Morgan fingerprint density at radius 2 is 1.65 bits per heavy atom. The first kappa shape index (κ1) is 27.4. The van der Waals surface area contributed by atoms with Crippen LogP contribution in [-0.2, 0) is 9.53 Å². The number of nitro benzene ring substituents is 1. The van der Waals surface area contributed by atoms with Gasteiger partial charge in [0.2, 0.25) is 0 Å². The van der Waals surface area contributed by atoms with Crippen molar-refractivity contribution in [3.8, 4) is 11.5 Å². The Bertz CT molecular complexity index is 953. The van der Waals surface area contributed by atoms with Gasteiger partial charge in [-0.2, -0.15) is 0 Å². The summed E-state index contributed by atoms with van der Waals surface area (Å²) in [7, 11) is 0.211. The van der Waals surface area contributed by atoms with E-state index >= 15 is 0 Å². The molecule has 0 N–H and O–H groups in total. The van der Waals surface area contributed by atoms with E-state index in [-0.39, 0.29) is 46.7 Å². The maximum Gasteiger partial charge on any atom is 0.328 e. The highest BCUT2D eigenvalue weighted by atomic mass is 28.4. The Labute approximate surface area is 202 Å². The van der Waals surface area contributed by atoms with E-state index in [2.05, 4.69) is 48.1 Å². The minimum atomic E-state index is -2.45. The van der Waals surface area contributed by atoms with Crippen LogP contribution in [-0.4, -0.2) is 56.8 Å². The van der Waals surface area contributed by atoms with E-state index < -0.39 is 36.8 Å². The van der Waals surface area contributed by atoms with Gasteiger partial charge < -0.3 is 18.8 Å². The molecule has 0 bridgehead atoms. The maximum atomic E-state index is 13.4. The average Bonchev–Trinajstić information content (AvgIpc) is 3.16. The van der Waals surface area contributed by atoms with Crippen molar-refractivity contribution in [3.05, 3.63) is 40.0 Å². The molecule has 1 amide bonds. The lowest BCUT2D eigenvalue weighted by molar-refractivity contribution is -0.385. The molecule has 1 aliphatic rings. The van der Waals surface area contributed by atoms with Crippen molar-refractivity contribution >= 4 is 25.9 Å². The van der Waals surface area contributed by atoms with E-state index in [0.717, 1.165) is 0 Å². The van der Waals surface area contributed by atoms with E-state index in [1.165, 1.54) is 31.3 Å². The highest BCUT2D eigenvalue weighted by Gasteiger charge is 2.48. The van der Waals surface area contributed by atoms with Crippen molar-refractivity contribution in [2.24, 2.45) is 0 Å². The summed E-state index contributed by atoms with van der Waals surface area (Å²) in [6.07, 6.45) is 0.246. The summed E-state index contributed by atoms with van der Waals surface area (Å²) in [5.74, 6) is -0.766. The van der Waals surface area contributed by atoms with Crippen molar-refractivity contribution in [2.75, 3.05) is 20.8 Å². The number of nitro groups is 1. The second-order valence-corrected chi connectivity index (χ2v) is 15.0. The Morgan fingerprint density at radius 1 is 1.09 bits per heavy atom. The van der Waals surface area contributed by atoms with Crippen LogP contribution in [0.1, 0.15) is 58.3 Å². The molecule has 0 aliphatic carbocycles. The Balaban J connectivity index is 2.64. The second kappa shape index (κ2) is 10.6. The van der Waals surface area contributed by atoms with Crippen LogP contribution in [0, 0.1) is 10.1 Å². The first-order chi connectivity index (χ1) is 15.8. The molecule has 1 aromatic rings. The number of hydrogen-bond donors (Lipinski definition) is 0. The van der Waals surface area contributed by atoms with Gasteiger partial charge in [0.15, 0.2) is 11.5 Å². The molecule has 1 atom stereocenters. The number of methoxy groups -OCH3 is 2. The lowest BCUT2D eigenvalue weighted by atomic mass is 10.1. The zero-order valence-electron chi connectivity index (χ0n) is 21.3. The molecule has 0 unspecified atom stereocenters. The zero-order valence-corrected chi connectivity index (χ0v) is 22.3. The SMILES string of the molecule is C=C1C[C@@H](C(=O)OC)N(C(=O)c2cc(OC)c(O[Si](C(C)C)(C(C)C)C(C)C)cc2[N+](=O)[O-])C1. The van der Waals surface area contributed by atoms with Gasteiger partial charge in [0.1, 0.15) is 11.6 Å². The van der Waals surface area contributed by atoms with Crippen LogP contribution in [0.3, 0.4) is 0 Å². The molecular formula is C24H36N2O7Si. The van der Waals surface area contributed by atoms with Crippen molar-refractivity contribution in [2.45, 2.75) is 70.6 Å². The molecule has 1 heterocycles. The molecule has 10 heteroatoms. The quantitative estimate of drug-likeness (QED) is 0.155. The number of ether oxygens (including phenoxy) is 2. The number of rotatable bonds is 9. The summed E-state index contributed by atoms with van der Waals surface area (Å²) < 4.78 is 17.0. The van der Waals surface area contributed by atoms with Crippen LogP contribution < -0.4 is 9.16 Å². The predicted molar refractivity (Wildman–Crippen MR) is 132 cm³/mol. The average molecular weight is 493 g/mol. The van der Waals surface area contributed by atoms with E-state index in [1.54, 1.807) is 0 Å². The van der Waals surface area contributed by atoms with Gasteiger partial charge in [-0.05, 0) is 16.6 Å². The van der Waals surface area contributed by atoms with Gasteiger partial charge in [-0.25, -0.2) is 4.79 Å². The van der Waals surface area contributed by atoms with Crippen LogP contribution in [0.2, 0.25) is 16.6 Å². The van der Waals surface area contributed by atoms with E-state index in [9.17, 15) is 19.7 Å². The third-order valence-corrected chi connectivity index (χ3v) is 12.7. The second-order valence-electron chi connectivity index (χ2n) is 9.62. The summed E-state index contributed by atoms with van der Waals surface area (Å²) >= 11 is 0. The van der Waals surface area contributed by atoms with Crippen LogP contribution in [0.25, 0.3) is 0 Å². The van der Waals surface area contributed by atoms with Crippen molar-refractivity contribution in [1.82, 2.24) is 4.90 Å². The Morgan fingerprint density at radius 3 is 2.09 bits per heavy atom.